The molecule has 170 valence electrons. The number of hydrogen-bond donors (Lipinski definition) is 2. The van der Waals surface area contributed by atoms with E-state index in [0.29, 0.717) is 0 Å². The van der Waals surface area contributed by atoms with E-state index in [1.54, 1.807) is 6.33 Å². The Hall–Kier alpha value is -4.84. The van der Waals surface area contributed by atoms with Crippen LogP contribution in [-0.2, 0) is 0 Å². The van der Waals surface area contributed by atoms with E-state index in [-0.39, 0.29) is 0 Å². The minimum atomic E-state index is 0.880. The summed E-state index contributed by atoms with van der Waals surface area (Å²) in [5, 5.41) is 8.06. The van der Waals surface area contributed by atoms with Crippen LogP contribution < -0.4 is 0 Å². The van der Waals surface area contributed by atoms with Crippen molar-refractivity contribution >= 4 is 65.3 Å². The molecule has 0 bridgehead atoms. The van der Waals surface area contributed by atoms with Gasteiger partial charge in [0.15, 0.2) is 0 Å². The first-order valence-electron chi connectivity index (χ1n) is 12.0. The first kappa shape index (κ1) is 19.5. The van der Waals surface area contributed by atoms with Crippen LogP contribution >= 0.6 is 0 Å². The van der Waals surface area contributed by atoms with Gasteiger partial charge in [-0.3, -0.25) is 0 Å². The van der Waals surface area contributed by atoms with Crippen LogP contribution in [0.25, 0.3) is 76.4 Å². The Morgan fingerprint density at radius 1 is 0.583 bits per heavy atom. The minimum absolute atomic E-state index is 0.880. The van der Waals surface area contributed by atoms with Gasteiger partial charge in [-0.05, 0) is 64.7 Å². The fraction of sp³-hybridized carbons (Fsp3) is 0.0667. The summed E-state index contributed by atoms with van der Waals surface area (Å²) in [7, 11) is 0. The second kappa shape index (κ2) is 6.86. The summed E-state index contributed by atoms with van der Waals surface area (Å²) in [6.45, 7) is 3.97. The summed E-state index contributed by atoms with van der Waals surface area (Å²) in [6.07, 6.45) is 3.49. The predicted octanol–water partition coefficient (Wildman–Crippen LogP) is 7.13. The lowest BCUT2D eigenvalue weighted by atomic mass is 9.95. The molecule has 0 atom stereocenters. The van der Waals surface area contributed by atoms with Gasteiger partial charge in [-0.25, -0.2) is 19.9 Å². The number of benzene rings is 5. The molecular formula is C30H20N6. The summed E-state index contributed by atoms with van der Waals surface area (Å²) in [6, 6.07) is 22.0. The summed E-state index contributed by atoms with van der Waals surface area (Å²) in [4.78, 5) is 25.1. The molecule has 3 aromatic heterocycles. The van der Waals surface area contributed by atoms with Crippen LogP contribution in [-0.4, -0.2) is 29.9 Å². The highest BCUT2D eigenvalue weighted by Gasteiger charge is 2.14. The molecule has 0 amide bonds. The molecule has 5 aromatic carbocycles. The zero-order valence-corrected chi connectivity index (χ0v) is 19.7. The Bertz CT molecular complexity index is 2180. The van der Waals surface area contributed by atoms with Crippen molar-refractivity contribution < 1.29 is 0 Å². The Morgan fingerprint density at radius 2 is 1.31 bits per heavy atom. The van der Waals surface area contributed by atoms with Crippen LogP contribution in [0, 0.1) is 13.8 Å². The van der Waals surface area contributed by atoms with Gasteiger partial charge in [-0.1, -0.05) is 42.5 Å². The molecule has 0 aliphatic carbocycles. The summed E-state index contributed by atoms with van der Waals surface area (Å²) >= 11 is 0. The number of imidazole rings is 2. The molecule has 0 radical (unpaired) electrons. The van der Waals surface area contributed by atoms with Gasteiger partial charge in [0.05, 0.1) is 27.6 Å². The molecule has 6 nitrogen and oxygen atoms in total. The van der Waals surface area contributed by atoms with Crippen molar-refractivity contribution in [2.24, 2.45) is 0 Å². The van der Waals surface area contributed by atoms with E-state index in [1.165, 1.54) is 27.1 Å². The molecule has 0 aliphatic rings. The Labute approximate surface area is 205 Å². The number of aryl methyl sites for hydroxylation is 2. The quantitative estimate of drug-likeness (QED) is 0.253. The van der Waals surface area contributed by atoms with Gasteiger partial charge in [0.25, 0.3) is 0 Å². The van der Waals surface area contributed by atoms with Crippen LogP contribution in [0.1, 0.15) is 11.6 Å². The van der Waals surface area contributed by atoms with Gasteiger partial charge < -0.3 is 9.97 Å². The van der Waals surface area contributed by atoms with Crippen LogP contribution in [0.3, 0.4) is 0 Å². The molecule has 0 saturated heterocycles. The van der Waals surface area contributed by atoms with E-state index >= 15 is 0 Å². The number of nitrogens with zero attached hydrogens (tertiary/aromatic N) is 4. The number of H-pyrrole nitrogens is 2. The van der Waals surface area contributed by atoms with E-state index in [1.807, 2.05) is 20.0 Å². The third-order valence-corrected chi connectivity index (χ3v) is 7.25. The van der Waals surface area contributed by atoms with Crippen molar-refractivity contribution in [1.82, 2.24) is 29.9 Å². The summed E-state index contributed by atoms with van der Waals surface area (Å²) in [5.74, 6) is 1.81. The highest BCUT2D eigenvalue weighted by Crippen LogP contribution is 2.37. The van der Waals surface area contributed by atoms with E-state index < -0.39 is 0 Å². The lowest BCUT2D eigenvalue weighted by molar-refractivity contribution is 1.17. The topological polar surface area (TPSA) is 83.1 Å². The standard InChI is InChI=1S/C30H20N6/c1-15-33-26-10-9-21-20-6-3-17(11-19(20)5-8-22(21)27(26)34-15)18-4-7-23-24(12-18)25-13-31-14-32-28(25)30-29(23)35-16(2)36-30/h3-14H,1-2H3,(H,33,34)(H,35,36). The Morgan fingerprint density at radius 3 is 2.22 bits per heavy atom. The maximum absolute atomic E-state index is 4.76. The van der Waals surface area contributed by atoms with Crippen molar-refractivity contribution in [1.29, 1.82) is 0 Å². The van der Waals surface area contributed by atoms with Crippen LogP contribution in [0.2, 0.25) is 0 Å². The zero-order valence-electron chi connectivity index (χ0n) is 19.7. The second-order valence-corrected chi connectivity index (χ2v) is 9.47. The number of aromatic amines is 2. The average molecular weight is 465 g/mol. The fourth-order valence-electron chi connectivity index (χ4n) is 5.66. The molecule has 6 heteroatoms. The van der Waals surface area contributed by atoms with Crippen LogP contribution in [0.15, 0.2) is 73.2 Å². The highest BCUT2D eigenvalue weighted by molar-refractivity contribution is 6.22. The monoisotopic (exact) mass is 464 g/mol. The smallest absolute Gasteiger partial charge is 0.116 e. The third-order valence-electron chi connectivity index (χ3n) is 7.25. The molecule has 0 saturated carbocycles. The molecule has 2 N–H and O–H groups in total. The molecule has 0 unspecified atom stereocenters. The van der Waals surface area contributed by atoms with Crippen molar-refractivity contribution in [3.63, 3.8) is 0 Å². The second-order valence-electron chi connectivity index (χ2n) is 9.47. The lowest BCUT2D eigenvalue weighted by Crippen LogP contribution is -1.88. The molecule has 36 heavy (non-hydrogen) atoms. The first-order valence-corrected chi connectivity index (χ1v) is 12.0. The summed E-state index contributed by atoms with van der Waals surface area (Å²) in [5.41, 5.74) is 7.23. The predicted molar refractivity (Wildman–Crippen MR) is 146 cm³/mol. The normalized spacial score (nSPS) is 12.2. The Balaban J connectivity index is 1.36. The number of nitrogens with one attached hydrogen (secondary N) is 2. The van der Waals surface area contributed by atoms with Crippen LogP contribution in [0.5, 0.6) is 0 Å². The first-order chi connectivity index (χ1) is 17.6. The fourth-order valence-corrected chi connectivity index (χ4v) is 5.66. The molecule has 8 aromatic rings. The summed E-state index contributed by atoms with van der Waals surface area (Å²) < 4.78 is 0. The number of aromatic nitrogens is 6. The van der Waals surface area contributed by atoms with E-state index in [0.717, 1.165) is 61.0 Å². The minimum Gasteiger partial charge on any atom is -0.342 e. The van der Waals surface area contributed by atoms with Crippen LogP contribution in [0.4, 0.5) is 0 Å². The molecule has 0 fully saturated rings. The largest absolute Gasteiger partial charge is 0.342 e. The van der Waals surface area contributed by atoms with Gasteiger partial charge in [-0.15, -0.1) is 0 Å². The molecule has 0 aliphatic heterocycles. The zero-order chi connectivity index (χ0) is 24.0. The van der Waals surface area contributed by atoms with Gasteiger partial charge in [0, 0.05) is 22.4 Å². The van der Waals surface area contributed by atoms with E-state index in [2.05, 4.69) is 80.6 Å². The third kappa shape index (κ3) is 2.61. The van der Waals surface area contributed by atoms with Gasteiger partial charge in [0.1, 0.15) is 18.0 Å². The van der Waals surface area contributed by atoms with E-state index in [9.17, 15) is 0 Å². The number of fused-ring (bicyclic) bond motifs is 11. The number of hydrogen-bond acceptors (Lipinski definition) is 4. The lowest BCUT2D eigenvalue weighted by Gasteiger charge is -2.10. The number of rotatable bonds is 1. The Kier molecular flexibility index (Phi) is 3.71. The highest BCUT2D eigenvalue weighted by atomic mass is 14.9. The van der Waals surface area contributed by atoms with E-state index in [4.69, 9.17) is 9.97 Å². The maximum Gasteiger partial charge on any atom is 0.116 e. The maximum atomic E-state index is 4.76. The van der Waals surface area contributed by atoms with Crippen molar-refractivity contribution in [2.75, 3.05) is 0 Å². The molecular weight excluding hydrogens is 444 g/mol. The molecule has 0 spiro atoms. The average Bonchev–Trinajstić information content (AvgIpc) is 3.49. The van der Waals surface area contributed by atoms with Crippen molar-refractivity contribution in [2.45, 2.75) is 13.8 Å². The van der Waals surface area contributed by atoms with Gasteiger partial charge >= 0.3 is 0 Å². The molecule has 3 heterocycles. The molecule has 8 rings (SSSR count). The van der Waals surface area contributed by atoms with Crippen molar-refractivity contribution in [3.8, 4) is 11.1 Å². The van der Waals surface area contributed by atoms with Gasteiger partial charge in [0.2, 0.25) is 0 Å². The van der Waals surface area contributed by atoms with Gasteiger partial charge in [-0.2, -0.15) is 0 Å². The SMILES string of the molecule is Cc1nc2c(ccc3c4ccc(-c5ccc6c(c5)c5cncnc5c5[nH]c(C)nc65)cc4ccc32)[nH]1. The van der Waals surface area contributed by atoms with Crippen molar-refractivity contribution in [3.05, 3.63) is 84.8 Å².